The lowest BCUT2D eigenvalue weighted by molar-refractivity contribution is -0.148. The predicted octanol–water partition coefficient (Wildman–Crippen LogP) is 2.88. The molecule has 1 aliphatic carbocycles. The Kier molecular flexibility index (Phi) is 5.04. The van der Waals surface area contributed by atoms with Gasteiger partial charge in [-0.25, -0.2) is 4.79 Å². The molecule has 2 heterocycles. The highest BCUT2D eigenvalue weighted by atomic mass is 16.4. The monoisotopic (exact) mass is 368 g/mol. The van der Waals surface area contributed by atoms with E-state index in [0.717, 1.165) is 45.3 Å². The Hall–Kier alpha value is -2.14. The maximum absolute atomic E-state index is 12.5. The Morgan fingerprint density at radius 2 is 1.85 bits per heavy atom. The molecule has 5 nitrogen and oxygen atoms in total. The third-order valence-electron chi connectivity index (χ3n) is 6.39. The number of hydrogen-bond acceptors (Lipinski definition) is 3. The van der Waals surface area contributed by atoms with Crippen molar-refractivity contribution in [2.75, 3.05) is 26.2 Å². The average molecular weight is 368 g/mol. The van der Waals surface area contributed by atoms with Crippen molar-refractivity contribution in [3.63, 3.8) is 0 Å². The zero-order valence-corrected chi connectivity index (χ0v) is 15.7. The molecular formula is C22H28N2O3. The van der Waals surface area contributed by atoms with Gasteiger partial charge in [0, 0.05) is 19.0 Å². The smallest absolute Gasteiger partial charge is 0.326 e. The van der Waals surface area contributed by atoms with E-state index >= 15 is 0 Å². The standard InChI is InChI=1S/C22H28N2O3/c25-20(18-8-9-18)24-16-22(15-19(24)21(26)27)10-13-23(14-11-22)12-4-7-17-5-2-1-3-6-17/h1-7,18-19H,8-16H2,(H,26,27)/b7-4+/t19-/m1/s1. The lowest BCUT2D eigenvalue weighted by atomic mass is 9.76. The molecule has 0 bridgehead atoms. The number of nitrogens with zero attached hydrogens (tertiary/aromatic N) is 2. The second kappa shape index (κ2) is 7.47. The molecule has 0 aromatic heterocycles. The first-order chi connectivity index (χ1) is 13.1. The highest BCUT2D eigenvalue weighted by Gasteiger charge is 2.51. The summed E-state index contributed by atoms with van der Waals surface area (Å²) in [6.07, 6.45) is 8.77. The van der Waals surface area contributed by atoms with Crippen LogP contribution in [0.15, 0.2) is 36.4 Å². The van der Waals surface area contributed by atoms with Crippen LogP contribution in [-0.4, -0.2) is 59.0 Å². The van der Waals surface area contributed by atoms with Gasteiger partial charge in [0.05, 0.1) is 0 Å². The van der Waals surface area contributed by atoms with Crippen LogP contribution >= 0.6 is 0 Å². The van der Waals surface area contributed by atoms with E-state index in [1.807, 2.05) is 18.2 Å². The summed E-state index contributed by atoms with van der Waals surface area (Å²) in [6, 6.07) is 9.67. The molecule has 1 atom stereocenters. The lowest BCUT2D eigenvalue weighted by Gasteiger charge is -2.38. The summed E-state index contributed by atoms with van der Waals surface area (Å²) in [7, 11) is 0. The molecule has 3 aliphatic rings. The number of hydrogen-bond donors (Lipinski definition) is 1. The van der Waals surface area contributed by atoms with Gasteiger partial charge in [0.1, 0.15) is 6.04 Å². The molecule has 1 spiro atoms. The second-order valence-electron chi connectivity index (χ2n) is 8.41. The summed E-state index contributed by atoms with van der Waals surface area (Å²) < 4.78 is 0. The van der Waals surface area contributed by atoms with Gasteiger partial charge in [-0.15, -0.1) is 0 Å². The molecule has 144 valence electrons. The van der Waals surface area contributed by atoms with Gasteiger partial charge in [0.15, 0.2) is 0 Å². The molecule has 3 fully saturated rings. The van der Waals surface area contributed by atoms with Crippen LogP contribution in [0.1, 0.15) is 37.7 Å². The van der Waals surface area contributed by atoms with Gasteiger partial charge < -0.3 is 10.0 Å². The Balaban J connectivity index is 1.33. The number of rotatable bonds is 5. The Bertz CT molecular complexity index is 718. The number of carboxylic acid groups (broad SMARTS) is 1. The number of aliphatic carboxylic acids is 1. The number of amides is 1. The van der Waals surface area contributed by atoms with Gasteiger partial charge >= 0.3 is 5.97 Å². The third-order valence-corrected chi connectivity index (χ3v) is 6.39. The van der Waals surface area contributed by atoms with Gasteiger partial charge in [-0.1, -0.05) is 42.5 Å². The van der Waals surface area contributed by atoms with Gasteiger partial charge in [-0.2, -0.15) is 0 Å². The molecule has 0 unspecified atom stereocenters. The SMILES string of the molecule is O=C(O)[C@H]1CC2(CCN(C/C=C/c3ccccc3)CC2)CN1C(=O)C1CC1. The summed E-state index contributed by atoms with van der Waals surface area (Å²) in [5.41, 5.74) is 1.20. The van der Waals surface area contributed by atoms with Crippen molar-refractivity contribution >= 4 is 18.0 Å². The maximum Gasteiger partial charge on any atom is 0.326 e. The summed E-state index contributed by atoms with van der Waals surface area (Å²) in [5.74, 6) is -0.674. The van der Waals surface area contributed by atoms with Crippen molar-refractivity contribution < 1.29 is 14.7 Å². The third kappa shape index (κ3) is 4.08. The van der Waals surface area contributed by atoms with Crippen molar-refractivity contribution in [1.29, 1.82) is 0 Å². The van der Waals surface area contributed by atoms with Crippen LogP contribution in [0.4, 0.5) is 0 Å². The molecule has 1 saturated carbocycles. The fourth-order valence-electron chi connectivity index (χ4n) is 4.55. The van der Waals surface area contributed by atoms with E-state index in [1.165, 1.54) is 5.56 Å². The minimum absolute atomic E-state index is 0.00670. The molecule has 0 radical (unpaired) electrons. The number of likely N-dealkylation sites (tertiary alicyclic amines) is 2. The normalized spacial score (nSPS) is 25.3. The number of benzene rings is 1. The first-order valence-corrected chi connectivity index (χ1v) is 10.0. The topological polar surface area (TPSA) is 60.9 Å². The van der Waals surface area contributed by atoms with E-state index in [4.69, 9.17) is 0 Å². The number of carbonyl (C=O) groups excluding carboxylic acids is 1. The van der Waals surface area contributed by atoms with Crippen molar-refractivity contribution in [1.82, 2.24) is 9.80 Å². The van der Waals surface area contributed by atoms with E-state index in [9.17, 15) is 14.7 Å². The first-order valence-electron chi connectivity index (χ1n) is 10.0. The summed E-state index contributed by atoms with van der Waals surface area (Å²) >= 11 is 0. The van der Waals surface area contributed by atoms with E-state index in [-0.39, 0.29) is 17.2 Å². The molecule has 1 N–H and O–H groups in total. The molecule has 27 heavy (non-hydrogen) atoms. The summed E-state index contributed by atoms with van der Waals surface area (Å²) in [4.78, 5) is 28.4. The Morgan fingerprint density at radius 3 is 2.48 bits per heavy atom. The Morgan fingerprint density at radius 1 is 1.15 bits per heavy atom. The van der Waals surface area contributed by atoms with Crippen LogP contribution in [-0.2, 0) is 9.59 Å². The summed E-state index contributed by atoms with van der Waals surface area (Å²) in [6.45, 7) is 3.49. The minimum Gasteiger partial charge on any atom is -0.480 e. The van der Waals surface area contributed by atoms with Crippen molar-refractivity contribution in [3.8, 4) is 0 Å². The number of piperidine rings is 1. The van der Waals surface area contributed by atoms with Gasteiger partial charge in [-0.3, -0.25) is 9.69 Å². The molecule has 1 aromatic carbocycles. The molecule has 5 heteroatoms. The van der Waals surface area contributed by atoms with E-state index < -0.39 is 12.0 Å². The number of carbonyl (C=O) groups is 2. The quantitative estimate of drug-likeness (QED) is 0.868. The van der Waals surface area contributed by atoms with Crippen molar-refractivity contribution in [3.05, 3.63) is 42.0 Å². The van der Waals surface area contributed by atoms with Crippen molar-refractivity contribution in [2.45, 2.75) is 38.1 Å². The number of carboxylic acids is 1. The average Bonchev–Trinajstić information content (AvgIpc) is 3.46. The highest BCUT2D eigenvalue weighted by Crippen LogP contribution is 2.45. The molecule has 1 aromatic rings. The summed E-state index contributed by atoms with van der Waals surface area (Å²) in [5, 5.41) is 9.61. The fourth-order valence-corrected chi connectivity index (χ4v) is 4.55. The van der Waals surface area contributed by atoms with Gasteiger partial charge in [0.25, 0.3) is 0 Å². The highest BCUT2D eigenvalue weighted by molar-refractivity contribution is 5.87. The zero-order valence-electron chi connectivity index (χ0n) is 15.7. The molecule has 2 saturated heterocycles. The van der Waals surface area contributed by atoms with E-state index in [2.05, 4.69) is 29.2 Å². The van der Waals surface area contributed by atoms with E-state index in [0.29, 0.717) is 13.0 Å². The van der Waals surface area contributed by atoms with Crippen LogP contribution < -0.4 is 0 Å². The van der Waals surface area contributed by atoms with Crippen molar-refractivity contribution in [2.24, 2.45) is 11.3 Å². The van der Waals surface area contributed by atoms with Gasteiger partial charge in [-0.05, 0) is 56.2 Å². The lowest BCUT2D eigenvalue weighted by Crippen LogP contribution is -2.43. The zero-order chi connectivity index (χ0) is 18.9. The van der Waals surface area contributed by atoms with Crippen LogP contribution in [0.3, 0.4) is 0 Å². The minimum atomic E-state index is -0.839. The van der Waals surface area contributed by atoms with Crippen LogP contribution in [0.5, 0.6) is 0 Å². The first kappa shape index (κ1) is 18.2. The molecule has 2 aliphatic heterocycles. The second-order valence-corrected chi connectivity index (χ2v) is 8.41. The predicted molar refractivity (Wildman–Crippen MR) is 104 cm³/mol. The van der Waals surface area contributed by atoms with Crippen LogP contribution in [0.25, 0.3) is 6.08 Å². The molecule has 4 rings (SSSR count). The van der Waals surface area contributed by atoms with Crippen LogP contribution in [0.2, 0.25) is 0 Å². The fraction of sp³-hybridized carbons (Fsp3) is 0.545. The Labute approximate surface area is 160 Å². The van der Waals surface area contributed by atoms with Crippen LogP contribution in [0, 0.1) is 11.3 Å². The largest absolute Gasteiger partial charge is 0.480 e. The molecule has 1 amide bonds. The van der Waals surface area contributed by atoms with Gasteiger partial charge in [0.2, 0.25) is 5.91 Å². The maximum atomic E-state index is 12.5. The molecular weight excluding hydrogens is 340 g/mol. The van der Waals surface area contributed by atoms with E-state index in [1.54, 1.807) is 4.90 Å².